The van der Waals surface area contributed by atoms with Crippen molar-refractivity contribution in [3.63, 3.8) is 0 Å². The van der Waals surface area contributed by atoms with Crippen LogP contribution in [0.25, 0.3) is 0 Å². The van der Waals surface area contributed by atoms with E-state index in [1.54, 1.807) is 18.2 Å². The van der Waals surface area contributed by atoms with E-state index in [1.165, 1.54) is 30.5 Å². The fourth-order valence-electron chi connectivity index (χ4n) is 2.17. The van der Waals surface area contributed by atoms with E-state index >= 15 is 0 Å². The lowest BCUT2D eigenvalue weighted by molar-refractivity contribution is 0.610. The first kappa shape index (κ1) is 17.0. The molecule has 0 spiro atoms. The Labute approximate surface area is 148 Å². The van der Waals surface area contributed by atoms with Gasteiger partial charge in [-0.05, 0) is 36.2 Å². The molecule has 1 aromatic heterocycles. The summed E-state index contributed by atoms with van der Waals surface area (Å²) in [7, 11) is 0. The van der Waals surface area contributed by atoms with Crippen LogP contribution >= 0.6 is 11.6 Å². The van der Waals surface area contributed by atoms with E-state index in [0.29, 0.717) is 36.0 Å². The maximum absolute atomic E-state index is 13.6. The SMILES string of the molecule is Fc1ccc(Nc2cnnc(NCCc3ccccc3F)n2)cc1Cl. The standard InChI is InChI=1S/C17H14ClF2N5/c18-13-9-12(5-6-15(13)20)23-16-10-22-25-17(24-16)21-8-7-11-3-1-2-4-14(11)19/h1-6,9-10H,7-8H2,(H2,21,23,24,25). The number of nitrogens with zero attached hydrogens (tertiary/aromatic N) is 3. The summed E-state index contributed by atoms with van der Waals surface area (Å²) in [5.41, 5.74) is 1.18. The molecule has 128 valence electrons. The molecule has 0 saturated carbocycles. The molecule has 0 atom stereocenters. The van der Waals surface area contributed by atoms with Crippen molar-refractivity contribution in [2.24, 2.45) is 0 Å². The minimum Gasteiger partial charge on any atom is -0.353 e. The van der Waals surface area contributed by atoms with Crippen LogP contribution in [0.1, 0.15) is 5.56 Å². The Balaban J connectivity index is 1.61. The van der Waals surface area contributed by atoms with Crippen molar-refractivity contribution in [2.75, 3.05) is 17.2 Å². The average Bonchev–Trinajstić information content (AvgIpc) is 2.60. The van der Waals surface area contributed by atoms with E-state index in [0.717, 1.165) is 0 Å². The molecule has 2 aromatic carbocycles. The number of hydrogen-bond acceptors (Lipinski definition) is 5. The molecule has 2 N–H and O–H groups in total. The second-order valence-corrected chi connectivity index (χ2v) is 5.59. The monoisotopic (exact) mass is 361 g/mol. The topological polar surface area (TPSA) is 62.7 Å². The molecule has 3 aromatic rings. The summed E-state index contributed by atoms with van der Waals surface area (Å²) in [6.07, 6.45) is 1.92. The highest BCUT2D eigenvalue weighted by Crippen LogP contribution is 2.21. The van der Waals surface area contributed by atoms with Crippen molar-refractivity contribution in [3.05, 3.63) is 70.9 Å². The van der Waals surface area contributed by atoms with Crippen LogP contribution in [0.5, 0.6) is 0 Å². The van der Waals surface area contributed by atoms with E-state index in [-0.39, 0.29) is 10.8 Å². The molecule has 0 unspecified atom stereocenters. The first-order valence-electron chi connectivity index (χ1n) is 7.51. The second kappa shape index (κ2) is 7.85. The van der Waals surface area contributed by atoms with Gasteiger partial charge in [-0.25, -0.2) is 8.78 Å². The molecule has 0 radical (unpaired) electrons. The molecule has 0 fully saturated rings. The summed E-state index contributed by atoms with van der Waals surface area (Å²) in [6, 6.07) is 10.8. The normalized spacial score (nSPS) is 10.5. The first-order valence-corrected chi connectivity index (χ1v) is 7.89. The number of benzene rings is 2. The first-order chi connectivity index (χ1) is 12.1. The van der Waals surface area contributed by atoms with Gasteiger partial charge < -0.3 is 10.6 Å². The van der Waals surface area contributed by atoms with Crippen LogP contribution in [0.2, 0.25) is 5.02 Å². The van der Waals surface area contributed by atoms with Gasteiger partial charge in [0.15, 0.2) is 5.82 Å². The van der Waals surface area contributed by atoms with E-state index in [9.17, 15) is 8.78 Å². The highest BCUT2D eigenvalue weighted by atomic mass is 35.5. The van der Waals surface area contributed by atoms with Gasteiger partial charge in [0.25, 0.3) is 0 Å². The fraction of sp³-hybridized carbons (Fsp3) is 0.118. The maximum atomic E-state index is 13.6. The van der Waals surface area contributed by atoms with Gasteiger partial charge >= 0.3 is 0 Å². The molecule has 0 aliphatic heterocycles. The molecule has 25 heavy (non-hydrogen) atoms. The third kappa shape index (κ3) is 4.60. The molecule has 0 amide bonds. The molecular weight excluding hydrogens is 348 g/mol. The predicted octanol–water partition coefficient (Wildman–Crippen LogP) is 4.20. The summed E-state index contributed by atoms with van der Waals surface area (Å²) < 4.78 is 26.7. The van der Waals surface area contributed by atoms with Crippen LogP contribution in [-0.2, 0) is 6.42 Å². The molecule has 0 saturated heterocycles. The minimum absolute atomic E-state index is 0.00949. The van der Waals surface area contributed by atoms with Gasteiger partial charge in [-0.3, -0.25) is 0 Å². The van der Waals surface area contributed by atoms with Crippen LogP contribution < -0.4 is 10.6 Å². The molecule has 0 aliphatic rings. The molecule has 5 nitrogen and oxygen atoms in total. The summed E-state index contributed by atoms with van der Waals surface area (Å²) in [5, 5.41) is 13.7. The Morgan fingerprint density at radius 3 is 2.68 bits per heavy atom. The summed E-state index contributed by atoms with van der Waals surface area (Å²) >= 11 is 5.74. The highest BCUT2D eigenvalue weighted by molar-refractivity contribution is 6.31. The zero-order chi connectivity index (χ0) is 17.6. The zero-order valence-electron chi connectivity index (χ0n) is 13.0. The average molecular weight is 362 g/mol. The third-order valence-corrected chi connectivity index (χ3v) is 3.68. The highest BCUT2D eigenvalue weighted by Gasteiger charge is 2.05. The van der Waals surface area contributed by atoms with Crippen molar-refractivity contribution >= 4 is 29.1 Å². The lowest BCUT2D eigenvalue weighted by Gasteiger charge is -2.08. The fourth-order valence-corrected chi connectivity index (χ4v) is 2.35. The molecule has 0 bridgehead atoms. The Morgan fingerprint density at radius 2 is 1.88 bits per heavy atom. The largest absolute Gasteiger partial charge is 0.353 e. The molecule has 1 heterocycles. The summed E-state index contributed by atoms with van der Waals surface area (Å²) in [5.74, 6) is -0.0175. The lowest BCUT2D eigenvalue weighted by Crippen LogP contribution is -2.10. The Bertz CT molecular complexity index is 875. The van der Waals surface area contributed by atoms with Crippen LogP contribution in [0.15, 0.2) is 48.7 Å². The summed E-state index contributed by atoms with van der Waals surface area (Å²) in [4.78, 5) is 4.25. The second-order valence-electron chi connectivity index (χ2n) is 5.19. The van der Waals surface area contributed by atoms with E-state index in [2.05, 4.69) is 25.8 Å². The minimum atomic E-state index is -0.497. The van der Waals surface area contributed by atoms with Crippen LogP contribution in [-0.4, -0.2) is 21.7 Å². The van der Waals surface area contributed by atoms with Crippen LogP contribution in [0.4, 0.5) is 26.2 Å². The van der Waals surface area contributed by atoms with Gasteiger partial charge in [0, 0.05) is 12.2 Å². The Hall–Kier alpha value is -2.80. The molecule has 3 rings (SSSR count). The van der Waals surface area contributed by atoms with Gasteiger partial charge in [0.1, 0.15) is 11.6 Å². The Morgan fingerprint density at radius 1 is 1.04 bits per heavy atom. The number of aromatic nitrogens is 3. The smallest absolute Gasteiger partial charge is 0.244 e. The van der Waals surface area contributed by atoms with Crippen molar-refractivity contribution in [1.29, 1.82) is 0 Å². The van der Waals surface area contributed by atoms with Gasteiger partial charge in [0.05, 0.1) is 11.2 Å². The van der Waals surface area contributed by atoms with E-state index in [4.69, 9.17) is 11.6 Å². The van der Waals surface area contributed by atoms with Gasteiger partial charge in [-0.1, -0.05) is 29.8 Å². The maximum Gasteiger partial charge on any atom is 0.244 e. The van der Waals surface area contributed by atoms with Crippen LogP contribution in [0, 0.1) is 11.6 Å². The molecular formula is C17H14ClF2N5. The third-order valence-electron chi connectivity index (χ3n) is 3.39. The molecule has 0 aliphatic carbocycles. The number of rotatable bonds is 6. The van der Waals surface area contributed by atoms with Gasteiger partial charge in [-0.15, -0.1) is 5.10 Å². The van der Waals surface area contributed by atoms with Gasteiger partial charge in [-0.2, -0.15) is 10.1 Å². The predicted molar refractivity (Wildman–Crippen MR) is 93.1 cm³/mol. The number of nitrogens with one attached hydrogen (secondary N) is 2. The Kier molecular flexibility index (Phi) is 5.35. The lowest BCUT2D eigenvalue weighted by atomic mass is 10.1. The zero-order valence-corrected chi connectivity index (χ0v) is 13.8. The van der Waals surface area contributed by atoms with Gasteiger partial charge in [0.2, 0.25) is 5.95 Å². The van der Waals surface area contributed by atoms with Crippen LogP contribution in [0.3, 0.4) is 0 Å². The summed E-state index contributed by atoms with van der Waals surface area (Å²) in [6.45, 7) is 0.453. The van der Waals surface area contributed by atoms with E-state index < -0.39 is 5.82 Å². The number of halogens is 3. The number of anilines is 3. The van der Waals surface area contributed by atoms with Crippen molar-refractivity contribution in [1.82, 2.24) is 15.2 Å². The van der Waals surface area contributed by atoms with Crippen molar-refractivity contribution in [2.45, 2.75) is 6.42 Å². The van der Waals surface area contributed by atoms with E-state index in [1.807, 2.05) is 0 Å². The molecule has 8 heteroatoms. The quantitative estimate of drug-likeness (QED) is 0.689. The van der Waals surface area contributed by atoms with Crippen molar-refractivity contribution < 1.29 is 8.78 Å². The number of hydrogen-bond donors (Lipinski definition) is 2. The van der Waals surface area contributed by atoms with Crippen molar-refractivity contribution in [3.8, 4) is 0 Å².